The summed E-state index contributed by atoms with van der Waals surface area (Å²) in [6, 6.07) is 8.31. The Labute approximate surface area is 172 Å². The van der Waals surface area contributed by atoms with E-state index in [0.29, 0.717) is 4.57 Å². The van der Waals surface area contributed by atoms with Crippen molar-refractivity contribution in [3.05, 3.63) is 92.7 Å². The van der Waals surface area contributed by atoms with Crippen molar-refractivity contribution >= 4 is 11.7 Å². The maximum Gasteiger partial charge on any atom is 0.337 e. The van der Waals surface area contributed by atoms with Crippen molar-refractivity contribution in [2.24, 2.45) is 0 Å². The van der Waals surface area contributed by atoms with Crippen LogP contribution in [0.4, 0.5) is 0 Å². The first kappa shape index (κ1) is 22.5. The van der Waals surface area contributed by atoms with Gasteiger partial charge in [-0.3, -0.25) is 9.59 Å². The number of amides is 1. The van der Waals surface area contributed by atoms with Gasteiger partial charge < -0.3 is 5.32 Å². The summed E-state index contributed by atoms with van der Waals surface area (Å²) in [6.07, 6.45) is 2.94. The maximum absolute atomic E-state index is 12.6. The molecule has 1 aromatic carbocycles. The number of ketones is 1. The standard InChI is InChI=1S/C21H24N4O5/c1-4-11-23-19(28)24(12-5-2)21(30)25(20(23)29)14-18(27)22-17(15(3)26)13-16-9-7-6-8-10-16/h4-10,17H,1-2,11-14H2,3H3,(H,22,27)/t17-/m0/s1. The van der Waals surface area contributed by atoms with Crippen LogP contribution < -0.4 is 22.4 Å². The predicted octanol–water partition coefficient (Wildman–Crippen LogP) is -0.140. The number of hydrogen-bond donors (Lipinski definition) is 1. The van der Waals surface area contributed by atoms with E-state index in [9.17, 15) is 24.0 Å². The lowest BCUT2D eigenvalue weighted by Gasteiger charge is -2.17. The third-order valence-electron chi connectivity index (χ3n) is 4.42. The first-order chi connectivity index (χ1) is 14.3. The molecule has 1 N–H and O–H groups in total. The molecule has 1 amide bonds. The van der Waals surface area contributed by atoms with Crippen LogP contribution in [-0.4, -0.2) is 31.4 Å². The van der Waals surface area contributed by atoms with E-state index in [0.717, 1.165) is 14.7 Å². The molecule has 0 saturated carbocycles. The summed E-state index contributed by atoms with van der Waals surface area (Å²) >= 11 is 0. The molecular weight excluding hydrogens is 388 g/mol. The van der Waals surface area contributed by atoms with Crippen LogP contribution in [0.25, 0.3) is 0 Å². The van der Waals surface area contributed by atoms with Crippen LogP contribution in [-0.2, 0) is 35.6 Å². The fourth-order valence-corrected chi connectivity index (χ4v) is 2.92. The SMILES string of the molecule is C=CCn1c(=O)n(CC=C)c(=O)n(CC(=O)N[C@@H](Cc2ccccc2)C(C)=O)c1=O. The summed E-state index contributed by atoms with van der Waals surface area (Å²) in [5.74, 6) is -0.959. The molecule has 30 heavy (non-hydrogen) atoms. The van der Waals surface area contributed by atoms with Gasteiger partial charge in [0.25, 0.3) is 0 Å². The first-order valence-electron chi connectivity index (χ1n) is 9.30. The van der Waals surface area contributed by atoms with E-state index in [1.165, 1.54) is 19.1 Å². The molecule has 2 aromatic rings. The number of carbonyl (C=O) groups is 2. The minimum absolute atomic E-state index is 0.124. The molecule has 0 saturated heterocycles. The minimum atomic E-state index is -0.928. The molecule has 1 atom stereocenters. The summed E-state index contributed by atoms with van der Waals surface area (Å²) in [5.41, 5.74) is -1.82. The Bertz CT molecular complexity index is 1080. The van der Waals surface area contributed by atoms with Crippen molar-refractivity contribution in [2.45, 2.75) is 39.0 Å². The molecule has 0 bridgehead atoms. The Morgan fingerprint density at radius 3 is 1.90 bits per heavy atom. The Balaban J connectivity index is 2.34. The molecular formula is C21H24N4O5. The first-order valence-corrected chi connectivity index (χ1v) is 9.30. The van der Waals surface area contributed by atoms with Gasteiger partial charge in [-0.25, -0.2) is 28.1 Å². The second kappa shape index (κ2) is 10.1. The third-order valence-corrected chi connectivity index (χ3v) is 4.42. The second-order valence-corrected chi connectivity index (χ2v) is 6.65. The van der Waals surface area contributed by atoms with Crippen LogP contribution in [0.5, 0.6) is 0 Å². The van der Waals surface area contributed by atoms with Crippen molar-refractivity contribution in [3.63, 3.8) is 0 Å². The Kier molecular flexibility index (Phi) is 7.62. The highest BCUT2D eigenvalue weighted by atomic mass is 16.2. The summed E-state index contributed by atoms with van der Waals surface area (Å²) in [6.45, 7) is 7.45. The zero-order valence-corrected chi connectivity index (χ0v) is 16.7. The highest BCUT2D eigenvalue weighted by molar-refractivity contribution is 5.87. The molecule has 0 aliphatic carbocycles. The number of nitrogens with one attached hydrogen (secondary N) is 1. The molecule has 0 aliphatic rings. The molecule has 2 rings (SSSR count). The third kappa shape index (κ3) is 5.19. The summed E-state index contributed by atoms with van der Waals surface area (Å²) < 4.78 is 2.26. The van der Waals surface area contributed by atoms with E-state index in [1.807, 2.05) is 30.3 Å². The van der Waals surface area contributed by atoms with Gasteiger partial charge in [0.2, 0.25) is 5.91 Å². The quantitative estimate of drug-likeness (QED) is 0.546. The smallest absolute Gasteiger partial charge is 0.337 e. The minimum Gasteiger partial charge on any atom is -0.344 e. The number of nitrogens with zero attached hydrogens (tertiary/aromatic N) is 3. The largest absolute Gasteiger partial charge is 0.344 e. The van der Waals surface area contributed by atoms with Crippen molar-refractivity contribution in [1.29, 1.82) is 0 Å². The maximum atomic E-state index is 12.6. The molecule has 0 fully saturated rings. The fraction of sp³-hybridized carbons (Fsp3) is 0.286. The monoisotopic (exact) mass is 412 g/mol. The van der Waals surface area contributed by atoms with Gasteiger partial charge in [0.15, 0.2) is 5.78 Å². The van der Waals surface area contributed by atoms with Gasteiger partial charge in [-0.1, -0.05) is 42.5 Å². The zero-order chi connectivity index (χ0) is 22.3. The van der Waals surface area contributed by atoms with Crippen molar-refractivity contribution in [3.8, 4) is 0 Å². The molecule has 0 radical (unpaired) electrons. The Morgan fingerprint density at radius 2 is 1.43 bits per heavy atom. The van der Waals surface area contributed by atoms with Gasteiger partial charge in [0.05, 0.1) is 19.1 Å². The average molecular weight is 412 g/mol. The second-order valence-electron chi connectivity index (χ2n) is 6.65. The molecule has 1 aromatic heterocycles. The summed E-state index contributed by atoms with van der Waals surface area (Å²) in [7, 11) is 0. The highest BCUT2D eigenvalue weighted by Gasteiger charge is 2.21. The van der Waals surface area contributed by atoms with Gasteiger partial charge in [0, 0.05) is 0 Å². The zero-order valence-electron chi connectivity index (χ0n) is 16.7. The highest BCUT2D eigenvalue weighted by Crippen LogP contribution is 2.04. The number of benzene rings is 1. The van der Waals surface area contributed by atoms with E-state index in [-0.39, 0.29) is 25.3 Å². The van der Waals surface area contributed by atoms with Gasteiger partial charge in [-0.05, 0) is 18.9 Å². The lowest BCUT2D eigenvalue weighted by atomic mass is 10.0. The van der Waals surface area contributed by atoms with E-state index < -0.39 is 35.6 Å². The number of rotatable bonds is 10. The van der Waals surface area contributed by atoms with Crippen molar-refractivity contribution in [2.75, 3.05) is 0 Å². The van der Waals surface area contributed by atoms with Gasteiger partial charge >= 0.3 is 17.1 Å². The molecule has 158 valence electrons. The van der Waals surface area contributed by atoms with E-state index in [4.69, 9.17) is 0 Å². The van der Waals surface area contributed by atoms with E-state index in [1.54, 1.807) is 0 Å². The molecule has 9 heteroatoms. The number of hydrogen-bond acceptors (Lipinski definition) is 5. The molecule has 9 nitrogen and oxygen atoms in total. The lowest BCUT2D eigenvalue weighted by molar-refractivity contribution is -0.127. The van der Waals surface area contributed by atoms with E-state index >= 15 is 0 Å². The lowest BCUT2D eigenvalue weighted by Crippen LogP contribution is -2.56. The average Bonchev–Trinajstić information content (AvgIpc) is 2.72. The van der Waals surface area contributed by atoms with Crippen molar-refractivity contribution in [1.82, 2.24) is 19.0 Å². The van der Waals surface area contributed by atoms with Crippen LogP contribution >= 0.6 is 0 Å². The topological polar surface area (TPSA) is 112 Å². The normalized spacial score (nSPS) is 11.5. The number of aromatic nitrogens is 3. The van der Waals surface area contributed by atoms with E-state index in [2.05, 4.69) is 18.5 Å². The number of Topliss-reactive ketones (excluding diaryl/α,β-unsaturated/α-hetero) is 1. The van der Waals surface area contributed by atoms with Gasteiger partial charge in [0.1, 0.15) is 6.54 Å². The molecule has 0 unspecified atom stereocenters. The summed E-state index contributed by atoms with van der Waals surface area (Å²) in [5, 5.41) is 2.56. The van der Waals surface area contributed by atoms with Gasteiger partial charge in [-0.15, -0.1) is 13.2 Å². The van der Waals surface area contributed by atoms with Crippen molar-refractivity contribution < 1.29 is 9.59 Å². The molecule has 1 heterocycles. The number of carbonyl (C=O) groups excluding carboxylic acids is 2. The fourth-order valence-electron chi connectivity index (χ4n) is 2.92. The Morgan fingerprint density at radius 1 is 0.933 bits per heavy atom. The number of allylic oxidation sites excluding steroid dienone is 2. The van der Waals surface area contributed by atoms with Crippen LogP contribution in [0, 0.1) is 0 Å². The van der Waals surface area contributed by atoms with Crippen LogP contribution in [0.3, 0.4) is 0 Å². The molecule has 0 spiro atoms. The van der Waals surface area contributed by atoms with Crippen LogP contribution in [0.1, 0.15) is 12.5 Å². The molecule has 0 aliphatic heterocycles. The van der Waals surface area contributed by atoms with Gasteiger partial charge in [-0.2, -0.15) is 0 Å². The van der Waals surface area contributed by atoms with Crippen LogP contribution in [0.2, 0.25) is 0 Å². The summed E-state index contributed by atoms with van der Waals surface area (Å²) in [4.78, 5) is 62.1. The predicted molar refractivity (Wildman–Crippen MR) is 112 cm³/mol. The van der Waals surface area contributed by atoms with Crippen LogP contribution in [0.15, 0.2) is 70.0 Å². The Hall–Kier alpha value is -3.75.